The van der Waals surface area contributed by atoms with Gasteiger partial charge in [-0.15, -0.1) is 0 Å². The van der Waals surface area contributed by atoms with Gasteiger partial charge < -0.3 is 4.42 Å². The average Bonchev–Trinajstić information content (AvgIpc) is 3.13. The van der Waals surface area contributed by atoms with Gasteiger partial charge in [-0.2, -0.15) is 4.31 Å². The van der Waals surface area contributed by atoms with Gasteiger partial charge in [0.1, 0.15) is 5.58 Å². The van der Waals surface area contributed by atoms with E-state index in [4.69, 9.17) is 4.42 Å². The standard InChI is InChI=1S/C24H22N2O5S2/c1-15-7-8-17(24(2,3)4)12-21(15)33(29,30)26(22(27)16-6-5-11-25-14-16)18-9-10-19-20(13-18)32-23(28)31-19/h5-14H,1-4H3. The monoisotopic (exact) mass is 482 g/mol. The molecule has 0 bridgehead atoms. The summed E-state index contributed by atoms with van der Waals surface area (Å²) < 4.78 is 34.3. The van der Waals surface area contributed by atoms with Crippen molar-refractivity contribution in [3.05, 3.63) is 87.3 Å². The number of fused-ring (bicyclic) bond motifs is 1. The number of nitrogens with zero attached hydrogens (tertiary/aromatic N) is 2. The van der Waals surface area contributed by atoms with E-state index in [1.807, 2.05) is 26.8 Å². The number of hydrogen-bond acceptors (Lipinski definition) is 7. The van der Waals surface area contributed by atoms with Crippen LogP contribution < -0.4 is 9.24 Å². The maximum atomic E-state index is 14.0. The van der Waals surface area contributed by atoms with E-state index >= 15 is 0 Å². The van der Waals surface area contributed by atoms with E-state index in [1.54, 1.807) is 25.1 Å². The SMILES string of the molecule is Cc1ccc(C(C)(C)C)cc1S(=O)(=O)N(C(=O)c1cccnc1)c1ccc2oc(=O)sc2c1. The Balaban J connectivity index is 1.96. The van der Waals surface area contributed by atoms with E-state index in [9.17, 15) is 18.0 Å². The molecule has 0 N–H and O–H groups in total. The minimum atomic E-state index is -4.32. The van der Waals surface area contributed by atoms with Gasteiger partial charge >= 0.3 is 4.94 Å². The zero-order chi connectivity index (χ0) is 24.0. The second kappa shape index (κ2) is 8.24. The summed E-state index contributed by atoms with van der Waals surface area (Å²) in [6.07, 6.45) is 2.82. The Morgan fingerprint density at radius 3 is 2.52 bits per heavy atom. The van der Waals surface area contributed by atoms with Gasteiger partial charge in [-0.3, -0.25) is 9.78 Å². The number of pyridine rings is 1. The Kier molecular flexibility index (Phi) is 5.71. The molecule has 0 saturated heterocycles. The molecule has 0 fully saturated rings. The second-order valence-corrected chi connectivity index (χ2v) is 11.4. The van der Waals surface area contributed by atoms with Crippen molar-refractivity contribution in [2.75, 3.05) is 4.31 Å². The minimum absolute atomic E-state index is 0.0349. The largest absolute Gasteiger partial charge is 0.414 e. The molecule has 0 atom stereocenters. The lowest BCUT2D eigenvalue weighted by molar-refractivity contribution is 0.100. The van der Waals surface area contributed by atoms with Gasteiger partial charge in [-0.1, -0.05) is 44.2 Å². The summed E-state index contributed by atoms with van der Waals surface area (Å²) in [6, 6.07) is 12.7. The van der Waals surface area contributed by atoms with Gasteiger partial charge in [0.15, 0.2) is 0 Å². The van der Waals surface area contributed by atoms with E-state index in [1.165, 1.54) is 36.7 Å². The van der Waals surface area contributed by atoms with Crippen LogP contribution in [0.15, 0.2) is 75.0 Å². The molecule has 33 heavy (non-hydrogen) atoms. The van der Waals surface area contributed by atoms with Crippen LogP contribution in [0.2, 0.25) is 0 Å². The number of hydrogen-bond donors (Lipinski definition) is 0. The van der Waals surface area contributed by atoms with Crippen molar-refractivity contribution in [1.29, 1.82) is 0 Å². The molecule has 0 saturated carbocycles. The third-order valence-electron chi connectivity index (χ3n) is 5.21. The number of benzene rings is 2. The summed E-state index contributed by atoms with van der Waals surface area (Å²) in [7, 11) is -4.32. The van der Waals surface area contributed by atoms with Crippen LogP contribution in [0, 0.1) is 6.92 Å². The molecule has 0 radical (unpaired) electrons. The molecule has 0 aliphatic rings. The van der Waals surface area contributed by atoms with E-state index in [2.05, 4.69) is 4.98 Å². The second-order valence-electron chi connectivity index (χ2n) is 8.63. The van der Waals surface area contributed by atoms with E-state index < -0.39 is 20.9 Å². The molecule has 2 aromatic carbocycles. The highest BCUT2D eigenvalue weighted by molar-refractivity contribution is 7.93. The highest BCUT2D eigenvalue weighted by atomic mass is 32.2. The molecule has 0 aliphatic heterocycles. The highest BCUT2D eigenvalue weighted by Crippen LogP contribution is 2.33. The zero-order valence-corrected chi connectivity index (χ0v) is 20.2. The summed E-state index contributed by atoms with van der Waals surface area (Å²) in [5.74, 6) is -0.751. The van der Waals surface area contributed by atoms with Crippen LogP contribution in [0.5, 0.6) is 0 Å². The van der Waals surface area contributed by atoms with Gasteiger partial charge in [-0.05, 0) is 59.9 Å². The Morgan fingerprint density at radius 2 is 1.85 bits per heavy atom. The number of carbonyl (C=O) groups is 1. The molecule has 7 nitrogen and oxygen atoms in total. The summed E-state index contributed by atoms with van der Waals surface area (Å²) >= 11 is 0.839. The lowest BCUT2D eigenvalue weighted by atomic mass is 9.87. The number of rotatable bonds is 4. The third kappa shape index (κ3) is 4.34. The fourth-order valence-corrected chi connectivity index (χ4v) is 5.77. The molecule has 1 amide bonds. The fourth-order valence-electron chi connectivity index (χ4n) is 3.40. The van der Waals surface area contributed by atoms with Crippen LogP contribution in [-0.4, -0.2) is 19.3 Å². The Bertz CT molecular complexity index is 1510. The average molecular weight is 483 g/mol. The first-order chi connectivity index (χ1) is 15.5. The van der Waals surface area contributed by atoms with Crippen LogP contribution in [0.3, 0.4) is 0 Å². The minimum Gasteiger partial charge on any atom is -0.414 e. The Hall–Kier alpha value is -3.30. The molecule has 170 valence electrons. The Labute approximate surface area is 195 Å². The van der Waals surface area contributed by atoms with Gasteiger partial charge in [-0.25, -0.2) is 13.2 Å². The smallest absolute Gasteiger partial charge is 0.396 e. The maximum absolute atomic E-state index is 14.0. The zero-order valence-electron chi connectivity index (χ0n) is 18.5. The predicted octanol–water partition coefficient (Wildman–Crippen LogP) is 4.89. The number of aromatic nitrogens is 1. The summed E-state index contributed by atoms with van der Waals surface area (Å²) in [6.45, 7) is 7.65. The van der Waals surface area contributed by atoms with Crippen molar-refractivity contribution in [3.63, 3.8) is 0 Å². The number of aryl methyl sites for hydroxylation is 1. The first-order valence-electron chi connectivity index (χ1n) is 10.1. The first kappa shape index (κ1) is 22.9. The van der Waals surface area contributed by atoms with Crippen molar-refractivity contribution in [1.82, 2.24) is 4.98 Å². The lowest BCUT2D eigenvalue weighted by Gasteiger charge is -2.25. The van der Waals surface area contributed by atoms with Crippen LogP contribution in [-0.2, 0) is 15.4 Å². The molecule has 0 aliphatic carbocycles. The summed E-state index contributed by atoms with van der Waals surface area (Å²) in [4.78, 5) is 28.7. The number of sulfonamides is 1. The Morgan fingerprint density at radius 1 is 1.09 bits per heavy atom. The molecular formula is C24H22N2O5S2. The number of amides is 1. The van der Waals surface area contributed by atoms with Crippen LogP contribution in [0.25, 0.3) is 10.3 Å². The van der Waals surface area contributed by atoms with Crippen molar-refractivity contribution in [2.24, 2.45) is 0 Å². The highest BCUT2D eigenvalue weighted by Gasteiger charge is 2.34. The molecule has 2 aromatic heterocycles. The van der Waals surface area contributed by atoms with Crippen LogP contribution in [0.1, 0.15) is 42.3 Å². The summed E-state index contributed by atoms with van der Waals surface area (Å²) in [5, 5.41) is 0. The van der Waals surface area contributed by atoms with Gasteiger partial charge in [0, 0.05) is 12.4 Å². The lowest BCUT2D eigenvalue weighted by Crippen LogP contribution is -2.37. The third-order valence-corrected chi connectivity index (χ3v) is 7.86. The van der Waals surface area contributed by atoms with Crippen molar-refractivity contribution in [2.45, 2.75) is 38.0 Å². The summed E-state index contributed by atoms with van der Waals surface area (Å²) in [5.41, 5.74) is 1.59. The van der Waals surface area contributed by atoms with Crippen molar-refractivity contribution >= 4 is 43.2 Å². The van der Waals surface area contributed by atoms with Gasteiger partial charge in [0.25, 0.3) is 15.9 Å². The first-order valence-corrected chi connectivity index (χ1v) is 12.4. The predicted molar refractivity (Wildman–Crippen MR) is 128 cm³/mol. The number of carbonyl (C=O) groups excluding carboxylic acids is 1. The van der Waals surface area contributed by atoms with E-state index in [0.717, 1.165) is 21.2 Å². The molecular weight excluding hydrogens is 460 g/mol. The van der Waals surface area contributed by atoms with Crippen molar-refractivity contribution < 1.29 is 17.6 Å². The molecule has 0 spiro atoms. The number of anilines is 1. The molecule has 9 heteroatoms. The van der Waals surface area contributed by atoms with Crippen LogP contribution in [0.4, 0.5) is 5.69 Å². The topological polar surface area (TPSA) is 97.6 Å². The molecule has 0 unspecified atom stereocenters. The van der Waals surface area contributed by atoms with E-state index in [-0.39, 0.29) is 21.6 Å². The van der Waals surface area contributed by atoms with E-state index in [0.29, 0.717) is 15.8 Å². The molecule has 4 rings (SSSR count). The normalized spacial score (nSPS) is 12.1. The van der Waals surface area contributed by atoms with Crippen LogP contribution >= 0.6 is 11.3 Å². The molecule has 2 heterocycles. The molecule has 4 aromatic rings. The maximum Gasteiger partial charge on any atom is 0.396 e. The van der Waals surface area contributed by atoms with Gasteiger partial charge in [0.2, 0.25) is 0 Å². The van der Waals surface area contributed by atoms with Crippen molar-refractivity contribution in [3.8, 4) is 0 Å². The van der Waals surface area contributed by atoms with Gasteiger partial charge in [0.05, 0.1) is 20.8 Å². The fraction of sp³-hybridized carbons (Fsp3) is 0.208. The quantitative estimate of drug-likeness (QED) is 0.411.